The van der Waals surface area contributed by atoms with Gasteiger partial charge in [0.1, 0.15) is 23.3 Å². The van der Waals surface area contributed by atoms with Crippen molar-refractivity contribution in [3.63, 3.8) is 0 Å². The van der Waals surface area contributed by atoms with Crippen LogP contribution < -0.4 is 10.1 Å². The van der Waals surface area contributed by atoms with Crippen LogP contribution in [0, 0.1) is 5.82 Å². The van der Waals surface area contributed by atoms with Crippen LogP contribution in [-0.4, -0.2) is 67.0 Å². The second-order valence-electron chi connectivity index (χ2n) is 6.89. The average molecular weight is 352 g/mol. The fourth-order valence-electron chi connectivity index (χ4n) is 3.23. The molecule has 0 spiro atoms. The van der Waals surface area contributed by atoms with Crippen LogP contribution in [0.15, 0.2) is 24.3 Å². The first-order valence-electron chi connectivity index (χ1n) is 8.68. The highest BCUT2D eigenvalue weighted by molar-refractivity contribution is 5.85. The van der Waals surface area contributed by atoms with Crippen LogP contribution in [-0.2, 0) is 9.53 Å². The molecule has 3 rings (SSSR count). The quantitative estimate of drug-likeness (QED) is 0.844. The van der Waals surface area contributed by atoms with E-state index in [-0.39, 0.29) is 23.9 Å². The first-order chi connectivity index (χ1) is 12.0. The highest BCUT2D eigenvalue weighted by Gasteiger charge is 2.41. The number of carbonyl (C=O) groups excluding carboxylic acids is 1. The van der Waals surface area contributed by atoms with E-state index in [9.17, 15) is 14.3 Å². The van der Waals surface area contributed by atoms with Crippen molar-refractivity contribution in [1.29, 1.82) is 0 Å². The molecule has 0 aliphatic carbocycles. The zero-order valence-corrected chi connectivity index (χ0v) is 14.4. The topological polar surface area (TPSA) is 71.0 Å². The summed E-state index contributed by atoms with van der Waals surface area (Å²) in [6.07, 6.45) is 1.06. The van der Waals surface area contributed by atoms with Gasteiger partial charge in [-0.1, -0.05) is 6.07 Å². The molecule has 1 aromatic rings. The van der Waals surface area contributed by atoms with Crippen molar-refractivity contribution in [2.24, 2.45) is 0 Å². The molecule has 2 aliphatic heterocycles. The minimum absolute atomic E-state index is 0.307. The molecule has 138 valence electrons. The molecule has 0 bridgehead atoms. The first-order valence-corrected chi connectivity index (χ1v) is 8.68. The number of nitrogens with one attached hydrogen (secondary N) is 1. The largest absolute Gasteiger partial charge is 0.488 e. The monoisotopic (exact) mass is 352 g/mol. The summed E-state index contributed by atoms with van der Waals surface area (Å²) in [7, 11) is 1.97. The zero-order chi connectivity index (χ0) is 17.9. The Hall–Kier alpha value is -1.70. The van der Waals surface area contributed by atoms with E-state index in [0.29, 0.717) is 51.3 Å². The van der Waals surface area contributed by atoms with E-state index in [1.165, 1.54) is 12.1 Å². The molecule has 6 nitrogen and oxygen atoms in total. The lowest BCUT2D eigenvalue weighted by atomic mass is 9.90. The molecule has 7 heteroatoms. The van der Waals surface area contributed by atoms with Crippen molar-refractivity contribution in [3.05, 3.63) is 30.1 Å². The predicted octanol–water partition coefficient (Wildman–Crippen LogP) is 0.935. The van der Waals surface area contributed by atoms with Crippen LogP contribution in [0.2, 0.25) is 0 Å². The lowest BCUT2D eigenvalue weighted by Crippen LogP contribution is -2.59. The fourth-order valence-corrected chi connectivity index (χ4v) is 3.23. The summed E-state index contributed by atoms with van der Waals surface area (Å²) >= 11 is 0. The van der Waals surface area contributed by atoms with Gasteiger partial charge >= 0.3 is 0 Å². The van der Waals surface area contributed by atoms with Crippen molar-refractivity contribution >= 4 is 5.91 Å². The number of hydrogen-bond acceptors (Lipinski definition) is 5. The molecule has 2 heterocycles. The van der Waals surface area contributed by atoms with Crippen molar-refractivity contribution in [1.82, 2.24) is 10.2 Å². The van der Waals surface area contributed by atoms with Crippen LogP contribution >= 0.6 is 0 Å². The molecule has 1 aromatic carbocycles. The zero-order valence-electron chi connectivity index (χ0n) is 14.4. The number of piperidine rings is 1. The third kappa shape index (κ3) is 4.48. The van der Waals surface area contributed by atoms with E-state index in [1.54, 1.807) is 12.1 Å². The lowest BCUT2D eigenvalue weighted by Gasteiger charge is -2.38. The Morgan fingerprint density at radius 1 is 1.44 bits per heavy atom. The van der Waals surface area contributed by atoms with Gasteiger partial charge in [-0.3, -0.25) is 4.79 Å². The Labute approximate surface area is 146 Å². The van der Waals surface area contributed by atoms with Crippen LogP contribution in [0.1, 0.15) is 19.3 Å². The molecule has 2 fully saturated rings. The van der Waals surface area contributed by atoms with E-state index in [1.807, 2.05) is 7.05 Å². The van der Waals surface area contributed by atoms with Gasteiger partial charge in [0.25, 0.3) is 5.91 Å². The van der Waals surface area contributed by atoms with Crippen molar-refractivity contribution in [2.75, 3.05) is 33.4 Å². The van der Waals surface area contributed by atoms with E-state index in [2.05, 4.69) is 10.2 Å². The maximum absolute atomic E-state index is 13.3. The molecule has 2 atom stereocenters. The third-order valence-corrected chi connectivity index (χ3v) is 4.93. The standard InChI is InChI=1S/C18H25FN2O4/c1-21-8-6-18(23,7-9-21)17(22)20-15-12-24-10-5-16(15)25-14-4-2-3-13(19)11-14/h2-4,11,15-16,23H,5-10,12H2,1H3,(H,20,22)/t15-,16+/m1/s1. The third-order valence-electron chi connectivity index (χ3n) is 4.93. The lowest BCUT2D eigenvalue weighted by molar-refractivity contribution is -0.147. The van der Waals surface area contributed by atoms with E-state index in [4.69, 9.17) is 9.47 Å². The van der Waals surface area contributed by atoms with Gasteiger partial charge in [-0.05, 0) is 32.0 Å². The van der Waals surface area contributed by atoms with Gasteiger partial charge in [-0.2, -0.15) is 0 Å². The smallest absolute Gasteiger partial charge is 0.252 e. The molecule has 2 N–H and O–H groups in total. The molecule has 0 unspecified atom stereocenters. The maximum atomic E-state index is 13.3. The minimum Gasteiger partial charge on any atom is -0.488 e. The molecule has 2 saturated heterocycles. The van der Waals surface area contributed by atoms with Gasteiger partial charge in [0.15, 0.2) is 0 Å². The Balaban J connectivity index is 1.63. The van der Waals surface area contributed by atoms with Crippen molar-refractivity contribution in [3.8, 4) is 5.75 Å². The molecule has 0 radical (unpaired) electrons. The predicted molar refractivity (Wildman–Crippen MR) is 89.9 cm³/mol. The van der Waals surface area contributed by atoms with Crippen molar-refractivity contribution < 1.29 is 23.8 Å². The second-order valence-corrected chi connectivity index (χ2v) is 6.89. The number of halogens is 1. The van der Waals surface area contributed by atoms with E-state index < -0.39 is 5.60 Å². The SMILES string of the molecule is CN1CCC(O)(C(=O)N[C@@H]2COCC[C@@H]2Oc2cccc(F)c2)CC1. The van der Waals surface area contributed by atoms with Gasteiger partial charge in [0, 0.05) is 25.6 Å². The highest BCUT2D eigenvalue weighted by Crippen LogP contribution is 2.24. The Morgan fingerprint density at radius 3 is 2.92 bits per heavy atom. The highest BCUT2D eigenvalue weighted by atomic mass is 19.1. The van der Waals surface area contributed by atoms with Crippen molar-refractivity contribution in [2.45, 2.75) is 37.0 Å². The summed E-state index contributed by atoms with van der Waals surface area (Å²) in [5.74, 6) is -0.334. The van der Waals surface area contributed by atoms with Crippen LogP contribution in [0.3, 0.4) is 0 Å². The normalized spacial score (nSPS) is 26.8. The number of ether oxygens (including phenoxy) is 2. The van der Waals surface area contributed by atoms with Crippen LogP contribution in [0.5, 0.6) is 5.75 Å². The molecule has 25 heavy (non-hydrogen) atoms. The van der Waals surface area contributed by atoms with Gasteiger partial charge in [-0.25, -0.2) is 4.39 Å². The summed E-state index contributed by atoms with van der Waals surface area (Å²) in [6.45, 7) is 2.17. The second kappa shape index (κ2) is 7.68. The number of likely N-dealkylation sites (tertiary alicyclic amines) is 1. The van der Waals surface area contributed by atoms with Gasteiger partial charge in [0.2, 0.25) is 0 Å². The Morgan fingerprint density at radius 2 is 2.20 bits per heavy atom. The molecule has 0 saturated carbocycles. The Kier molecular flexibility index (Phi) is 5.56. The molecular weight excluding hydrogens is 327 g/mol. The molecular formula is C18H25FN2O4. The van der Waals surface area contributed by atoms with Gasteiger partial charge in [-0.15, -0.1) is 0 Å². The maximum Gasteiger partial charge on any atom is 0.252 e. The fraction of sp³-hybridized carbons (Fsp3) is 0.611. The number of benzene rings is 1. The van der Waals surface area contributed by atoms with Crippen LogP contribution in [0.25, 0.3) is 0 Å². The van der Waals surface area contributed by atoms with E-state index in [0.717, 1.165) is 0 Å². The number of rotatable bonds is 4. The van der Waals surface area contributed by atoms with Crippen LogP contribution in [0.4, 0.5) is 4.39 Å². The number of carbonyl (C=O) groups is 1. The molecule has 2 aliphatic rings. The van der Waals surface area contributed by atoms with Gasteiger partial charge < -0.3 is 24.8 Å². The molecule has 1 amide bonds. The van der Waals surface area contributed by atoms with E-state index >= 15 is 0 Å². The minimum atomic E-state index is -1.35. The Bertz CT molecular complexity index is 604. The summed E-state index contributed by atoms with van der Waals surface area (Å²) in [6, 6.07) is 5.55. The average Bonchev–Trinajstić information content (AvgIpc) is 2.59. The first kappa shape index (κ1) is 18.1. The molecule has 0 aromatic heterocycles. The summed E-state index contributed by atoms with van der Waals surface area (Å²) < 4.78 is 24.7. The number of nitrogens with zero attached hydrogens (tertiary/aromatic N) is 1. The number of hydrogen-bond donors (Lipinski definition) is 2. The number of amides is 1. The number of aliphatic hydroxyl groups is 1. The van der Waals surface area contributed by atoms with Gasteiger partial charge in [0.05, 0.1) is 19.3 Å². The summed E-state index contributed by atoms with van der Waals surface area (Å²) in [5, 5.41) is 13.5. The summed E-state index contributed by atoms with van der Waals surface area (Å²) in [5.41, 5.74) is -1.35. The summed E-state index contributed by atoms with van der Waals surface area (Å²) in [4.78, 5) is 14.7.